The number of hydrogen-bond acceptors (Lipinski definition) is 0. The third kappa shape index (κ3) is 1.97. The first-order chi connectivity index (χ1) is 5.24. The van der Waals surface area contributed by atoms with Gasteiger partial charge in [0.25, 0.3) is 0 Å². The SMILES string of the molecule is [B]c1ccc(/C=C\C)c(C)c1. The summed E-state index contributed by atoms with van der Waals surface area (Å²) in [6, 6.07) is 5.93. The van der Waals surface area contributed by atoms with Crippen molar-refractivity contribution in [2.45, 2.75) is 13.8 Å². The molecule has 1 rings (SSSR count). The molecule has 0 N–H and O–H groups in total. The first-order valence-electron chi connectivity index (χ1n) is 3.73. The fourth-order valence-electron chi connectivity index (χ4n) is 1.07. The maximum atomic E-state index is 5.60. The average Bonchev–Trinajstić information content (AvgIpc) is 1.95. The molecule has 0 heterocycles. The van der Waals surface area contributed by atoms with Crippen LogP contribution in [0.2, 0.25) is 0 Å². The topological polar surface area (TPSA) is 0 Å². The normalized spacial score (nSPS) is 10.7. The highest BCUT2D eigenvalue weighted by atomic mass is 14.0. The Labute approximate surface area is 69.4 Å². The second-order valence-corrected chi connectivity index (χ2v) is 2.62. The first-order valence-corrected chi connectivity index (χ1v) is 3.73. The van der Waals surface area contributed by atoms with Crippen LogP contribution in [-0.4, -0.2) is 7.85 Å². The summed E-state index contributed by atoms with van der Waals surface area (Å²) in [6.07, 6.45) is 4.10. The Morgan fingerprint density at radius 2 is 2.09 bits per heavy atom. The number of rotatable bonds is 1. The Morgan fingerprint density at radius 3 is 2.64 bits per heavy atom. The van der Waals surface area contributed by atoms with Gasteiger partial charge < -0.3 is 0 Å². The zero-order valence-corrected chi connectivity index (χ0v) is 6.96. The Morgan fingerprint density at radius 1 is 1.36 bits per heavy atom. The summed E-state index contributed by atoms with van der Waals surface area (Å²) in [5.41, 5.74) is 3.29. The highest BCUT2D eigenvalue weighted by Crippen LogP contribution is 2.06. The van der Waals surface area contributed by atoms with E-state index in [1.54, 1.807) is 0 Å². The summed E-state index contributed by atoms with van der Waals surface area (Å²) >= 11 is 0. The molecule has 0 saturated heterocycles. The van der Waals surface area contributed by atoms with Crippen molar-refractivity contribution < 1.29 is 0 Å². The molecule has 0 fully saturated rings. The maximum Gasteiger partial charge on any atom is 0.113 e. The van der Waals surface area contributed by atoms with Crippen molar-refractivity contribution in [3.63, 3.8) is 0 Å². The average molecular weight is 142 g/mol. The van der Waals surface area contributed by atoms with Crippen molar-refractivity contribution in [2.24, 2.45) is 0 Å². The molecule has 1 aromatic rings. The number of aryl methyl sites for hydroxylation is 1. The lowest BCUT2D eigenvalue weighted by atomic mass is 9.92. The van der Waals surface area contributed by atoms with E-state index < -0.39 is 0 Å². The van der Waals surface area contributed by atoms with Crippen molar-refractivity contribution in [3.05, 3.63) is 35.4 Å². The fraction of sp³-hybridized carbons (Fsp3) is 0.200. The third-order valence-corrected chi connectivity index (χ3v) is 1.64. The molecule has 0 bridgehead atoms. The Kier molecular flexibility index (Phi) is 2.53. The van der Waals surface area contributed by atoms with Gasteiger partial charge in [-0.15, -0.1) is 0 Å². The van der Waals surface area contributed by atoms with Crippen molar-refractivity contribution in [1.29, 1.82) is 0 Å². The van der Waals surface area contributed by atoms with Gasteiger partial charge >= 0.3 is 0 Å². The zero-order chi connectivity index (χ0) is 8.27. The van der Waals surface area contributed by atoms with Gasteiger partial charge in [-0.3, -0.25) is 0 Å². The smallest absolute Gasteiger partial charge is 0.0964 e. The minimum absolute atomic E-state index is 0.829. The second-order valence-electron chi connectivity index (χ2n) is 2.62. The van der Waals surface area contributed by atoms with E-state index in [9.17, 15) is 0 Å². The summed E-state index contributed by atoms with van der Waals surface area (Å²) in [5.74, 6) is 0. The molecule has 0 spiro atoms. The molecule has 0 saturated carbocycles. The van der Waals surface area contributed by atoms with Crippen LogP contribution in [0.15, 0.2) is 24.3 Å². The standard InChI is InChI=1S/C10H11B/c1-3-4-9-5-6-10(11)7-8(9)2/h3-7H,1-2H3/b4-3-. The van der Waals surface area contributed by atoms with E-state index in [2.05, 4.69) is 13.0 Å². The van der Waals surface area contributed by atoms with E-state index in [0.717, 1.165) is 5.46 Å². The Bertz CT molecular complexity index is 274. The number of allylic oxidation sites excluding steroid dienone is 1. The van der Waals surface area contributed by atoms with E-state index >= 15 is 0 Å². The summed E-state index contributed by atoms with van der Waals surface area (Å²) < 4.78 is 0. The van der Waals surface area contributed by atoms with Gasteiger partial charge in [0, 0.05) is 0 Å². The minimum Gasteiger partial charge on any atom is -0.0964 e. The van der Waals surface area contributed by atoms with E-state index in [-0.39, 0.29) is 0 Å². The van der Waals surface area contributed by atoms with Crippen LogP contribution in [0, 0.1) is 6.92 Å². The molecule has 0 nitrogen and oxygen atoms in total. The second kappa shape index (κ2) is 3.43. The highest BCUT2D eigenvalue weighted by molar-refractivity contribution is 6.32. The molecule has 0 aliphatic carbocycles. The molecule has 11 heavy (non-hydrogen) atoms. The molecule has 1 heteroatoms. The van der Waals surface area contributed by atoms with Crippen molar-refractivity contribution >= 4 is 19.4 Å². The molecular formula is C10H11B. The van der Waals surface area contributed by atoms with Crippen LogP contribution in [0.3, 0.4) is 0 Å². The van der Waals surface area contributed by atoms with Gasteiger partial charge in [0.1, 0.15) is 7.85 Å². The van der Waals surface area contributed by atoms with Gasteiger partial charge in [-0.1, -0.05) is 35.8 Å². The van der Waals surface area contributed by atoms with E-state index in [0.29, 0.717) is 0 Å². The molecule has 2 radical (unpaired) electrons. The fourth-order valence-corrected chi connectivity index (χ4v) is 1.07. The monoisotopic (exact) mass is 142 g/mol. The molecular weight excluding hydrogens is 131 g/mol. The zero-order valence-electron chi connectivity index (χ0n) is 6.96. The van der Waals surface area contributed by atoms with Crippen LogP contribution in [0.25, 0.3) is 6.08 Å². The maximum absolute atomic E-state index is 5.60. The van der Waals surface area contributed by atoms with Crippen LogP contribution in [0.1, 0.15) is 18.1 Å². The summed E-state index contributed by atoms with van der Waals surface area (Å²) in [4.78, 5) is 0. The van der Waals surface area contributed by atoms with Crippen LogP contribution >= 0.6 is 0 Å². The highest BCUT2D eigenvalue weighted by Gasteiger charge is 1.91. The van der Waals surface area contributed by atoms with E-state index in [1.807, 2.05) is 31.2 Å². The van der Waals surface area contributed by atoms with Crippen molar-refractivity contribution in [1.82, 2.24) is 0 Å². The quantitative estimate of drug-likeness (QED) is 0.524. The molecule has 0 aliphatic heterocycles. The summed E-state index contributed by atoms with van der Waals surface area (Å²) in [6.45, 7) is 4.07. The van der Waals surface area contributed by atoms with Crippen molar-refractivity contribution in [3.8, 4) is 0 Å². The minimum atomic E-state index is 0.829. The number of benzene rings is 1. The van der Waals surface area contributed by atoms with Crippen LogP contribution in [-0.2, 0) is 0 Å². The van der Waals surface area contributed by atoms with Gasteiger partial charge in [-0.05, 0) is 25.0 Å². The largest absolute Gasteiger partial charge is 0.113 e. The summed E-state index contributed by atoms with van der Waals surface area (Å²) in [5, 5.41) is 0. The summed E-state index contributed by atoms with van der Waals surface area (Å²) in [7, 11) is 5.60. The van der Waals surface area contributed by atoms with Crippen LogP contribution in [0.4, 0.5) is 0 Å². The molecule has 54 valence electrons. The molecule has 1 aromatic carbocycles. The predicted molar refractivity (Wildman–Crippen MR) is 51.3 cm³/mol. The predicted octanol–water partition coefficient (Wildman–Crippen LogP) is 1.82. The third-order valence-electron chi connectivity index (χ3n) is 1.64. The van der Waals surface area contributed by atoms with Crippen LogP contribution < -0.4 is 5.46 Å². The molecule has 0 aliphatic rings. The van der Waals surface area contributed by atoms with Gasteiger partial charge in [0.2, 0.25) is 0 Å². The lowest BCUT2D eigenvalue weighted by molar-refractivity contribution is 1.46. The van der Waals surface area contributed by atoms with Gasteiger partial charge in [0.05, 0.1) is 0 Å². The van der Waals surface area contributed by atoms with Crippen molar-refractivity contribution in [2.75, 3.05) is 0 Å². The lowest BCUT2D eigenvalue weighted by Crippen LogP contribution is -2.01. The number of hydrogen-bond donors (Lipinski definition) is 0. The van der Waals surface area contributed by atoms with Gasteiger partial charge in [-0.2, -0.15) is 0 Å². The molecule has 0 atom stereocenters. The van der Waals surface area contributed by atoms with Gasteiger partial charge in [0.15, 0.2) is 0 Å². The van der Waals surface area contributed by atoms with E-state index in [1.165, 1.54) is 11.1 Å². The van der Waals surface area contributed by atoms with Crippen LogP contribution in [0.5, 0.6) is 0 Å². The van der Waals surface area contributed by atoms with E-state index in [4.69, 9.17) is 7.85 Å². The molecule has 0 amide bonds. The molecule has 0 unspecified atom stereocenters. The Balaban J connectivity index is 3.09. The Hall–Kier alpha value is -0.975. The van der Waals surface area contributed by atoms with Gasteiger partial charge in [-0.25, -0.2) is 0 Å². The first kappa shape index (κ1) is 8.12. The lowest BCUT2D eigenvalue weighted by Gasteiger charge is -2.00. The molecule has 0 aromatic heterocycles.